The molecule has 1 atom stereocenters. The fourth-order valence-electron chi connectivity index (χ4n) is 3.06. The molecule has 0 spiro atoms. The van der Waals surface area contributed by atoms with E-state index in [4.69, 9.17) is 0 Å². The fraction of sp³-hybridized carbons (Fsp3) is 0.611. The summed E-state index contributed by atoms with van der Waals surface area (Å²) in [6, 6.07) is 6.88. The highest BCUT2D eigenvalue weighted by molar-refractivity contribution is 7.89. The highest BCUT2D eigenvalue weighted by Gasteiger charge is 2.32. The number of amides is 1. The fourth-order valence-corrected chi connectivity index (χ4v) is 4.50. The van der Waals surface area contributed by atoms with Crippen molar-refractivity contribution in [2.24, 2.45) is 0 Å². The Balaban J connectivity index is 1.90. The first-order chi connectivity index (χ1) is 13.0. The van der Waals surface area contributed by atoms with Crippen LogP contribution in [0.15, 0.2) is 29.2 Å². The molecule has 0 radical (unpaired) electrons. The molecule has 10 heteroatoms. The quantitative estimate of drug-likeness (QED) is 0.682. The monoisotopic (exact) mass is 422 g/mol. The van der Waals surface area contributed by atoms with Gasteiger partial charge in [-0.25, -0.2) is 8.42 Å². The maximum atomic E-state index is 12.8. The molecule has 0 aliphatic carbocycles. The van der Waals surface area contributed by atoms with Gasteiger partial charge in [-0.15, -0.1) is 0 Å². The van der Waals surface area contributed by atoms with Crippen molar-refractivity contribution >= 4 is 15.9 Å². The predicted octanol–water partition coefficient (Wildman–Crippen LogP) is 0.768. The van der Waals surface area contributed by atoms with Gasteiger partial charge in [0.05, 0.1) is 31.1 Å². The van der Waals surface area contributed by atoms with Crippen LogP contribution in [0.5, 0.6) is 0 Å². The van der Waals surface area contributed by atoms with Gasteiger partial charge in [0, 0.05) is 0 Å². The smallest absolute Gasteiger partial charge is 0.342 e. The number of sulfonamides is 1. The summed E-state index contributed by atoms with van der Waals surface area (Å²) in [5.74, 6) is -0.336. The Morgan fingerprint density at radius 1 is 1.21 bits per heavy atom. The van der Waals surface area contributed by atoms with Crippen LogP contribution in [0.3, 0.4) is 0 Å². The molecule has 0 aromatic heterocycles. The van der Waals surface area contributed by atoms with E-state index in [1.807, 2.05) is 17.4 Å². The molecular formula is C18H27F3N3O3S+. The van der Waals surface area contributed by atoms with E-state index >= 15 is 0 Å². The number of carbonyl (C=O) groups excluding carboxylic acids is 1. The van der Waals surface area contributed by atoms with E-state index in [1.165, 1.54) is 4.31 Å². The number of hydrogen-bond donors (Lipinski definition) is 2. The minimum atomic E-state index is -4.44. The molecule has 1 aliphatic heterocycles. The maximum absolute atomic E-state index is 12.8. The maximum Gasteiger partial charge on any atom is 0.405 e. The summed E-state index contributed by atoms with van der Waals surface area (Å²) in [6.07, 6.45) is -3.48. The zero-order valence-electron chi connectivity index (χ0n) is 16.1. The molecule has 1 aromatic rings. The molecule has 1 aromatic carbocycles. The molecule has 1 fully saturated rings. The Morgan fingerprint density at radius 2 is 1.79 bits per heavy atom. The summed E-state index contributed by atoms with van der Waals surface area (Å²) in [7, 11) is -3.62. The molecule has 1 saturated heterocycles. The van der Waals surface area contributed by atoms with Crippen LogP contribution in [0.4, 0.5) is 13.2 Å². The third-order valence-corrected chi connectivity index (χ3v) is 6.94. The predicted molar refractivity (Wildman–Crippen MR) is 98.5 cm³/mol. The van der Waals surface area contributed by atoms with Gasteiger partial charge in [0.1, 0.15) is 6.54 Å². The SMILES string of the molecule is CC[C@H](C)c1ccc(S(=O)(=O)N2CC[NH+](CC(=O)NCC(F)(F)F)CC2)cc1. The summed E-state index contributed by atoms with van der Waals surface area (Å²) in [5, 5.41) is 1.84. The second-order valence-electron chi connectivity index (χ2n) is 7.10. The number of benzene rings is 1. The van der Waals surface area contributed by atoms with Gasteiger partial charge in [0.2, 0.25) is 10.0 Å². The highest BCUT2D eigenvalue weighted by atomic mass is 32.2. The summed E-state index contributed by atoms with van der Waals surface area (Å²) >= 11 is 0. The molecule has 1 heterocycles. The zero-order chi connectivity index (χ0) is 20.9. The van der Waals surface area contributed by atoms with Crippen LogP contribution in [0.2, 0.25) is 0 Å². The average molecular weight is 422 g/mol. The van der Waals surface area contributed by atoms with Crippen molar-refractivity contribution in [3.63, 3.8) is 0 Å². The van der Waals surface area contributed by atoms with Crippen molar-refractivity contribution in [2.45, 2.75) is 37.3 Å². The number of halogens is 3. The van der Waals surface area contributed by atoms with Crippen molar-refractivity contribution in [3.05, 3.63) is 29.8 Å². The summed E-state index contributed by atoms with van der Waals surface area (Å²) in [6.45, 7) is 3.86. The van der Waals surface area contributed by atoms with Crippen molar-refractivity contribution in [1.29, 1.82) is 0 Å². The van der Waals surface area contributed by atoms with Gasteiger partial charge >= 0.3 is 6.18 Å². The Hall–Kier alpha value is -1.65. The molecule has 1 aliphatic rings. The topological polar surface area (TPSA) is 70.9 Å². The van der Waals surface area contributed by atoms with Crippen molar-refractivity contribution in [2.75, 3.05) is 39.3 Å². The number of alkyl halides is 3. The number of quaternary nitrogens is 1. The number of nitrogens with one attached hydrogen (secondary N) is 2. The van der Waals surface area contributed by atoms with E-state index in [9.17, 15) is 26.4 Å². The number of carbonyl (C=O) groups is 1. The van der Waals surface area contributed by atoms with Gasteiger partial charge in [-0.1, -0.05) is 26.0 Å². The van der Waals surface area contributed by atoms with Gasteiger partial charge in [-0.2, -0.15) is 17.5 Å². The minimum absolute atomic E-state index is 0.104. The van der Waals surface area contributed by atoms with E-state index in [0.29, 0.717) is 19.0 Å². The molecule has 28 heavy (non-hydrogen) atoms. The van der Waals surface area contributed by atoms with E-state index < -0.39 is 28.7 Å². The molecule has 2 N–H and O–H groups in total. The van der Waals surface area contributed by atoms with Crippen LogP contribution < -0.4 is 10.2 Å². The van der Waals surface area contributed by atoms with Crippen LogP contribution >= 0.6 is 0 Å². The van der Waals surface area contributed by atoms with Gasteiger partial charge in [0.25, 0.3) is 5.91 Å². The van der Waals surface area contributed by atoms with Crippen LogP contribution in [0.1, 0.15) is 31.7 Å². The first kappa shape index (κ1) is 22.6. The number of piperazine rings is 1. The van der Waals surface area contributed by atoms with Gasteiger partial charge in [0.15, 0.2) is 6.54 Å². The summed E-state index contributed by atoms with van der Waals surface area (Å²) < 4.78 is 63.3. The number of nitrogens with zero attached hydrogens (tertiary/aromatic N) is 1. The molecule has 0 bridgehead atoms. The van der Waals surface area contributed by atoms with Crippen LogP contribution in [-0.4, -0.2) is 64.1 Å². The average Bonchev–Trinajstić information content (AvgIpc) is 2.66. The number of hydrogen-bond acceptors (Lipinski definition) is 3. The van der Waals surface area contributed by atoms with Gasteiger partial charge in [-0.05, 0) is 30.0 Å². The highest BCUT2D eigenvalue weighted by Crippen LogP contribution is 2.22. The largest absolute Gasteiger partial charge is 0.405 e. The van der Waals surface area contributed by atoms with Crippen LogP contribution in [0.25, 0.3) is 0 Å². The normalized spacial score (nSPS) is 18.0. The van der Waals surface area contributed by atoms with Crippen LogP contribution in [0, 0.1) is 0 Å². The van der Waals surface area contributed by atoms with E-state index in [2.05, 4.69) is 13.8 Å². The first-order valence-electron chi connectivity index (χ1n) is 9.30. The van der Waals surface area contributed by atoms with E-state index in [1.54, 1.807) is 12.1 Å². The second kappa shape index (κ2) is 9.23. The van der Waals surface area contributed by atoms with Crippen molar-refractivity contribution in [3.8, 4) is 0 Å². The zero-order valence-corrected chi connectivity index (χ0v) is 16.9. The van der Waals surface area contributed by atoms with E-state index in [0.717, 1.165) is 16.9 Å². The minimum Gasteiger partial charge on any atom is -0.342 e. The van der Waals surface area contributed by atoms with Crippen LogP contribution in [-0.2, 0) is 14.8 Å². The molecular weight excluding hydrogens is 395 g/mol. The molecule has 1 amide bonds. The second-order valence-corrected chi connectivity index (χ2v) is 9.04. The Kier molecular flexibility index (Phi) is 7.46. The lowest BCUT2D eigenvalue weighted by molar-refractivity contribution is -0.895. The standard InChI is InChI=1S/C18H26F3N3O3S/c1-3-14(2)15-4-6-16(7-5-15)28(26,27)24-10-8-23(9-11-24)12-17(25)22-13-18(19,20)21/h4-7,14H,3,8-13H2,1-2H3,(H,22,25)/p+1/t14-/m0/s1. The number of rotatable bonds is 7. The molecule has 0 unspecified atom stereocenters. The summed E-state index contributed by atoms with van der Waals surface area (Å²) in [4.78, 5) is 12.6. The molecule has 158 valence electrons. The summed E-state index contributed by atoms with van der Waals surface area (Å²) in [5.41, 5.74) is 1.08. The van der Waals surface area contributed by atoms with Crippen molar-refractivity contribution < 1.29 is 31.3 Å². The Morgan fingerprint density at radius 3 is 2.29 bits per heavy atom. The molecule has 2 rings (SSSR count). The Bertz CT molecular complexity index is 759. The molecule has 6 nitrogen and oxygen atoms in total. The Labute approximate surface area is 163 Å². The third-order valence-electron chi connectivity index (χ3n) is 5.03. The van der Waals surface area contributed by atoms with Gasteiger partial charge < -0.3 is 10.2 Å². The lowest BCUT2D eigenvalue weighted by Gasteiger charge is -2.31. The lowest BCUT2D eigenvalue weighted by Crippen LogP contribution is -3.15. The third kappa shape index (κ3) is 6.18. The van der Waals surface area contributed by atoms with Crippen molar-refractivity contribution in [1.82, 2.24) is 9.62 Å². The molecule has 0 saturated carbocycles. The van der Waals surface area contributed by atoms with E-state index in [-0.39, 0.29) is 24.5 Å². The lowest BCUT2D eigenvalue weighted by atomic mass is 9.99. The van der Waals surface area contributed by atoms with Gasteiger partial charge in [-0.3, -0.25) is 4.79 Å². The first-order valence-corrected chi connectivity index (χ1v) is 10.7.